The minimum absolute atomic E-state index is 0.121. The Labute approximate surface area is 146 Å². The summed E-state index contributed by atoms with van der Waals surface area (Å²) in [4.78, 5) is 0. The average Bonchev–Trinajstić information content (AvgIpc) is 2.85. The SMILES string of the molecule is CCS(=O)(=O)Oc1cc(C(C)(C)C)nn1-c1ccc(Cl)c(Cl)c1. The van der Waals surface area contributed by atoms with Crippen LogP contribution in [0.4, 0.5) is 0 Å². The maximum absolute atomic E-state index is 11.8. The summed E-state index contributed by atoms with van der Waals surface area (Å²) >= 11 is 12.0. The van der Waals surface area contributed by atoms with Crippen molar-refractivity contribution >= 4 is 33.3 Å². The highest BCUT2D eigenvalue weighted by molar-refractivity contribution is 7.87. The van der Waals surface area contributed by atoms with Crippen molar-refractivity contribution in [3.05, 3.63) is 40.0 Å². The van der Waals surface area contributed by atoms with Gasteiger partial charge in [-0.25, -0.2) is 0 Å². The zero-order chi connectivity index (χ0) is 17.4. The van der Waals surface area contributed by atoms with E-state index in [2.05, 4.69) is 5.10 Å². The van der Waals surface area contributed by atoms with Crippen molar-refractivity contribution in [2.45, 2.75) is 33.1 Å². The maximum Gasteiger partial charge on any atom is 0.310 e. The monoisotopic (exact) mass is 376 g/mol. The van der Waals surface area contributed by atoms with E-state index in [0.29, 0.717) is 21.4 Å². The lowest BCUT2D eigenvalue weighted by molar-refractivity contribution is 0.466. The van der Waals surface area contributed by atoms with Gasteiger partial charge < -0.3 is 4.18 Å². The molecule has 0 spiro atoms. The summed E-state index contributed by atoms with van der Waals surface area (Å²) in [6.45, 7) is 7.45. The molecular weight excluding hydrogens is 359 g/mol. The first-order valence-electron chi connectivity index (χ1n) is 7.01. The molecule has 2 aromatic rings. The van der Waals surface area contributed by atoms with Gasteiger partial charge in [0.2, 0.25) is 5.88 Å². The summed E-state index contributed by atoms with van der Waals surface area (Å²) in [6, 6.07) is 6.54. The minimum atomic E-state index is -3.67. The van der Waals surface area contributed by atoms with E-state index >= 15 is 0 Å². The fourth-order valence-corrected chi connectivity index (χ4v) is 2.57. The van der Waals surface area contributed by atoms with Crippen molar-refractivity contribution in [1.82, 2.24) is 9.78 Å². The summed E-state index contributed by atoms with van der Waals surface area (Å²) in [7, 11) is -3.67. The van der Waals surface area contributed by atoms with Gasteiger partial charge in [-0.1, -0.05) is 44.0 Å². The molecule has 0 aliphatic rings. The van der Waals surface area contributed by atoms with Crippen LogP contribution >= 0.6 is 23.2 Å². The second-order valence-electron chi connectivity index (χ2n) is 6.06. The lowest BCUT2D eigenvalue weighted by Crippen LogP contribution is -2.14. The van der Waals surface area contributed by atoms with Crippen LogP contribution in [0.25, 0.3) is 5.69 Å². The first-order valence-corrected chi connectivity index (χ1v) is 9.35. The normalized spacial score (nSPS) is 12.4. The Morgan fingerprint density at radius 2 is 1.83 bits per heavy atom. The molecule has 0 aliphatic carbocycles. The lowest BCUT2D eigenvalue weighted by atomic mass is 9.93. The Morgan fingerprint density at radius 1 is 1.17 bits per heavy atom. The number of nitrogens with zero attached hydrogens (tertiary/aromatic N) is 2. The molecule has 0 saturated carbocycles. The van der Waals surface area contributed by atoms with Gasteiger partial charge >= 0.3 is 10.1 Å². The van der Waals surface area contributed by atoms with Crippen LogP contribution < -0.4 is 4.18 Å². The fraction of sp³-hybridized carbons (Fsp3) is 0.400. The predicted molar refractivity (Wildman–Crippen MR) is 92.4 cm³/mol. The van der Waals surface area contributed by atoms with Crippen LogP contribution in [-0.2, 0) is 15.5 Å². The summed E-state index contributed by atoms with van der Waals surface area (Å²) in [5.41, 5.74) is 0.997. The summed E-state index contributed by atoms with van der Waals surface area (Å²) in [6.07, 6.45) is 0. The maximum atomic E-state index is 11.8. The van der Waals surface area contributed by atoms with Crippen LogP contribution in [0.3, 0.4) is 0 Å². The van der Waals surface area contributed by atoms with Gasteiger partial charge in [-0.05, 0) is 25.1 Å². The van der Waals surface area contributed by atoms with E-state index in [4.69, 9.17) is 27.4 Å². The summed E-state index contributed by atoms with van der Waals surface area (Å²) < 4.78 is 30.2. The third-order valence-corrected chi connectivity index (χ3v) is 5.03. The molecule has 2 rings (SSSR count). The van der Waals surface area contributed by atoms with Crippen LogP contribution in [0.5, 0.6) is 5.88 Å². The Morgan fingerprint density at radius 3 is 2.35 bits per heavy atom. The molecule has 0 unspecified atom stereocenters. The van der Waals surface area contributed by atoms with E-state index in [-0.39, 0.29) is 17.0 Å². The molecule has 1 aromatic heterocycles. The number of benzene rings is 1. The first-order chi connectivity index (χ1) is 10.5. The molecule has 0 saturated heterocycles. The minimum Gasteiger partial charge on any atom is -0.361 e. The van der Waals surface area contributed by atoms with Crippen molar-refractivity contribution in [3.63, 3.8) is 0 Å². The van der Waals surface area contributed by atoms with Gasteiger partial charge in [0.1, 0.15) is 0 Å². The van der Waals surface area contributed by atoms with Gasteiger partial charge in [-0.15, -0.1) is 0 Å². The molecule has 1 aromatic carbocycles. The zero-order valence-electron chi connectivity index (χ0n) is 13.3. The first kappa shape index (κ1) is 18.1. The topological polar surface area (TPSA) is 61.2 Å². The quantitative estimate of drug-likeness (QED) is 0.749. The summed E-state index contributed by atoms with van der Waals surface area (Å²) in [5, 5.41) is 5.22. The highest BCUT2D eigenvalue weighted by Gasteiger charge is 2.24. The third kappa shape index (κ3) is 4.19. The molecule has 0 N–H and O–H groups in total. The Bertz CT molecular complexity index is 824. The molecule has 0 atom stereocenters. The molecule has 0 bridgehead atoms. The molecule has 23 heavy (non-hydrogen) atoms. The second kappa shape index (κ2) is 6.34. The predicted octanol–water partition coefficient (Wildman–Crippen LogP) is 4.21. The highest BCUT2D eigenvalue weighted by Crippen LogP contribution is 2.31. The number of hydrogen-bond acceptors (Lipinski definition) is 4. The van der Waals surface area contributed by atoms with E-state index in [0.717, 1.165) is 0 Å². The van der Waals surface area contributed by atoms with Gasteiger partial charge in [-0.2, -0.15) is 18.2 Å². The smallest absolute Gasteiger partial charge is 0.310 e. The van der Waals surface area contributed by atoms with Gasteiger partial charge in [0.05, 0.1) is 27.2 Å². The molecule has 1 heterocycles. The number of halogens is 2. The van der Waals surface area contributed by atoms with Gasteiger partial charge in [0.15, 0.2) is 0 Å². The van der Waals surface area contributed by atoms with E-state index in [1.165, 1.54) is 11.6 Å². The van der Waals surface area contributed by atoms with E-state index < -0.39 is 10.1 Å². The van der Waals surface area contributed by atoms with E-state index in [1.54, 1.807) is 24.3 Å². The van der Waals surface area contributed by atoms with Gasteiger partial charge in [-0.3, -0.25) is 0 Å². The largest absolute Gasteiger partial charge is 0.361 e. The molecule has 126 valence electrons. The Kier molecular flexibility index (Phi) is 4.99. The van der Waals surface area contributed by atoms with Gasteiger partial charge in [0, 0.05) is 11.5 Å². The number of rotatable bonds is 4. The van der Waals surface area contributed by atoms with Crippen LogP contribution in [0.15, 0.2) is 24.3 Å². The third-order valence-electron chi connectivity index (χ3n) is 3.16. The second-order valence-corrected chi connectivity index (χ2v) is 8.73. The van der Waals surface area contributed by atoms with Crippen molar-refractivity contribution in [3.8, 4) is 11.6 Å². The molecule has 5 nitrogen and oxygen atoms in total. The van der Waals surface area contributed by atoms with Crippen LogP contribution in [-0.4, -0.2) is 24.0 Å². The number of hydrogen-bond donors (Lipinski definition) is 0. The Balaban J connectivity index is 2.60. The standard InChI is InChI=1S/C15H18Cl2N2O3S/c1-5-23(20,21)22-14-9-13(15(2,3)4)18-19(14)10-6-7-11(16)12(17)8-10/h6-9H,5H2,1-4H3. The van der Waals surface area contributed by atoms with Crippen molar-refractivity contribution in [2.75, 3.05) is 5.75 Å². The average molecular weight is 377 g/mol. The van der Waals surface area contributed by atoms with E-state index in [1.807, 2.05) is 20.8 Å². The lowest BCUT2D eigenvalue weighted by Gasteiger charge is -2.14. The van der Waals surface area contributed by atoms with Gasteiger partial charge in [0.25, 0.3) is 0 Å². The van der Waals surface area contributed by atoms with Crippen molar-refractivity contribution < 1.29 is 12.6 Å². The molecular formula is C15H18Cl2N2O3S. The molecule has 8 heteroatoms. The molecule has 0 fully saturated rings. The zero-order valence-corrected chi connectivity index (χ0v) is 15.6. The number of aromatic nitrogens is 2. The van der Waals surface area contributed by atoms with Crippen LogP contribution in [0, 0.1) is 0 Å². The molecule has 0 aliphatic heterocycles. The highest BCUT2D eigenvalue weighted by atomic mass is 35.5. The van der Waals surface area contributed by atoms with E-state index in [9.17, 15) is 8.42 Å². The molecule has 0 amide bonds. The van der Waals surface area contributed by atoms with Crippen LogP contribution in [0.1, 0.15) is 33.4 Å². The fourth-order valence-electron chi connectivity index (χ4n) is 1.78. The summed E-state index contributed by atoms with van der Waals surface area (Å²) in [5.74, 6) is -0.0140. The Hall–Kier alpha value is -1.24. The van der Waals surface area contributed by atoms with Crippen LogP contribution in [0.2, 0.25) is 10.0 Å². The van der Waals surface area contributed by atoms with Crippen molar-refractivity contribution in [1.29, 1.82) is 0 Å². The van der Waals surface area contributed by atoms with Crippen molar-refractivity contribution in [2.24, 2.45) is 0 Å². The molecule has 0 radical (unpaired) electrons.